The molecule has 0 bridgehead atoms. The van der Waals surface area contributed by atoms with Crippen LogP contribution in [0.4, 0.5) is 0 Å². The largest absolute Gasteiger partial charge is 0.462 e. The Morgan fingerprint density at radius 3 is 3.19 bits per heavy atom. The first-order chi connectivity index (χ1) is 9.81. The topological polar surface area (TPSA) is 67.2 Å². The number of hydrogen-bond acceptors (Lipinski definition) is 5. The van der Waals surface area contributed by atoms with E-state index in [0.717, 1.165) is 35.8 Å². The molecule has 21 heavy (non-hydrogen) atoms. The molecule has 0 saturated carbocycles. The van der Waals surface area contributed by atoms with Gasteiger partial charge in [-0.05, 0) is 31.5 Å². The fourth-order valence-corrected chi connectivity index (χ4v) is 3.10. The summed E-state index contributed by atoms with van der Waals surface area (Å²) in [4.78, 5) is 16.3. The lowest BCUT2D eigenvalue weighted by Gasteiger charge is -2.09. The van der Waals surface area contributed by atoms with Gasteiger partial charge < -0.3 is 15.1 Å². The number of thiazole rings is 1. The van der Waals surface area contributed by atoms with Gasteiger partial charge in [0.1, 0.15) is 0 Å². The van der Waals surface area contributed by atoms with Crippen molar-refractivity contribution < 1.29 is 9.21 Å². The Labute approximate surface area is 133 Å². The van der Waals surface area contributed by atoms with Gasteiger partial charge in [-0.3, -0.25) is 4.79 Å². The van der Waals surface area contributed by atoms with Gasteiger partial charge >= 0.3 is 0 Å². The summed E-state index contributed by atoms with van der Waals surface area (Å²) >= 11 is 1.52. The van der Waals surface area contributed by atoms with E-state index < -0.39 is 0 Å². The Kier molecular flexibility index (Phi) is 5.78. The third kappa shape index (κ3) is 4.30. The van der Waals surface area contributed by atoms with E-state index in [4.69, 9.17) is 4.42 Å². The van der Waals surface area contributed by atoms with Crippen LogP contribution in [-0.4, -0.2) is 23.5 Å². The molecule has 3 rings (SSSR count). The van der Waals surface area contributed by atoms with Gasteiger partial charge in [0.05, 0.1) is 18.5 Å². The number of hydrogen-bond donors (Lipinski definition) is 2. The van der Waals surface area contributed by atoms with E-state index >= 15 is 0 Å². The van der Waals surface area contributed by atoms with Crippen LogP contribution in [0.15, 0.2) is 28.2 Å². The standard InChI is InChI=1S/C14H17N3O2S.ClH/c18-13(7-10-3-1-5-15-10)16-8-11-9-20-14(17-11)12-4-2-6-19-12;/h2,4,6,9-10,15H,1,3,5,7-8H2,(H,16,18);1H. The summed E-state index contributed by atoms with van der Waals surface area (Å²) in [6, 6.07) is 4.06. The second-order valence-electron chi connectivity index (χ2n) is 4.90. The maximum absolute atomic E-state index is 11.8. The molecule has 0 aromatic carbocycles. The first-order valence-corrected chi connectivity index (χ1v) is 7.67. The molecule has 1 unspecified atom stereocenters. The Hall–Kier alpha value is -1.37. The average Bonchev–Trinajstić information content (AvgIpc) is 3.18. The highest BCUT2D eigenvalue weighted by Crippen LogP contribution is 2.23. The van der Waals surface area contributed by atoms with Crippen molar-refractivity contribution in [3.8, 4) is 10.8 Å². The summed E-state index contributed by atoms with van der Waals surface area (Å²) in [5.74, 6) is 0.847. The van der Waals surface area contributed by atoms with Crippen molar-refractivity contribution in [3.05, 3.63) is 29.5 Å². The van der Waals surface area contributed by atoms with Crippen LogP contribution >= 0.6 is 23.7 Å². The molecule has 0 aliphatic carbocycles. The molecule has 1 fully saturated rings. The number of aromatic nitrogens is 1. The lowest BCUT2D eigenvalue weighted by atomic mass is 10.1. The number of carbonyl (C=O) groups is 1. The zero-order valence-electron chi connectivity index (χ0n) is 11.5. The van der Waals surface area contributed by atoms with Crippen LogP contribution in [0.3, 0.4) is 0 Å². The number of nitrogens with one attached hydrogen (secondary N) is 2. The van der Waals surface area contributed by atoms with Gasteiger partial charge in [-0.25, -0.2) is 4.98 Å². The Balaban J connectivity index is 0.00000161. The number of nitrogens with zero attached hydrogens (tertiary/aromatic N) is 1. The molecule has 3 heterocycles. The predicted molar refractivity (Wildman–Crippen MR) is 84.6 cm³/mol. The molecule has 0 radical (unpaired) electrons. The Morgan fingerprint density at radius 2 is 2.48 bits per heavy atom. The van der Waals surface area contributed by atoms with Gasteiger partial charge in [0.15, 0.2) is 10.8 Å². The van der Waals surface area contributed by atoms with Crippen LogP contribution in [0.2, 0.25) is 0 Å². The third-order valence-electron chi connectivity index (χ3n) is 3.34. The van der Waals surface area contributed by atoms with Crippen LogP contribution < -0.4 is 10.6 Å². The molecule has 114 valence electrons. The molecule has 2 N–H and O–H groups in total. The van der Waals surface area contributed by atoms with E-state index in [1.54, 1.807) is 6.26 Å². The second kappa shape index (κ2) is 7.59. The minimum atomic E-state index is 0. The summed E-state index contributed by atoms with van der Waals surface area (Å²) in [6.45, 7) is 1.50. The molecule has 1 saturated heterocycles. The van der Waals surface area contributed by atoms with Crippen molar-refractivity contribution in [2.75, 3.05) is 6.54 Å². The highest BCUT2D eigenvalue weighted by molar-refractivity contribution is 7.13. The predicted octanol–water partition coefficient (Wildman–Crippen LogP) is 2.58. The first kappa shape index (κ1) is 16.0. The zero-order valence-corrected chi connectivity index (χ0v) is 13.1. The van der Waals surface area contributed by atoms with Gasteiger partial charge in [-0.1, -0.05) is 0 Å². The monoisotopic (exact) mass is 327 g/mol. The minimum Gasteiger partial charge on any atom is -0.462 e. The van der Waals surface area contributed by atoms with Crippen LogP contribution in [0.25, 0.3) is 10.8 Å². The van der Waals surface area contributed by atoms with E-state index in [1.165, 1.54) is 11.3 Å². The van der Waals surface area contributed by atoms with Gasteiger partial charge in [-0.15, -0.1) is 23.7 Å². The van der Waals surface area contributed by atoms with E-state index in [1.807, 2.05) is 17.5 Å². The quantitative estimate of drug-likeness (QED) is 0.885. The fraction of sp³-hybridized carbons (Fsp3) is 0.429. The molecular weight excluding hydrogens is 310 g/mol. The van der Waals surface area contributed by atoms with Crippen LogP contribution in [0, 0.1) is 0 Å². The molecule has 1 amide bonds. The first-order valence-electron chi connectivity index (χ1n) is 6.79. The van der Waals surface area contributed by atoms with Gasteiger partial charge in [-0.2, -0.15) is 0 Å². The van der Waals surface area contributed by atoms with Crippen molar-refractivity contribution in [1.82, 2.24) is 15.6 Å². The molecular formula is C14H18ClN3O2S. The van der Waals surface area contributed by atoms with Crippen molar-refractivity contribution in [2.24, 2.45) is 0 Å². The molecule has 2 aromatic heterocycles. The molecule has 2 aromatic rings. The van der Waals surface area contributed by atoms with E-state index in [0.29, 0.717) is 19.0 Å². The van der Waals surface area contributed by atoms with Gasteiger partial charge in [0.2, 0.25) is 5.91 Å². The number of carbonyl (C=O) groups excluding carboxylic acids is 1. The third-order valence-corrected chi connectivity index (χ3v) is 4.25. The van der Waals surface area contributed by atoms with Crippen molar-refractivity contribution in [3.63, 3.8) is 0 Å². The van der Waals surface area contributed by atoms with E-state index in [2.05, 4.69) is 15.6 Å². The van der Waals surface area contributed by atoms with E-state index in [-0.39, 0.29) is 18.3 Å². The molecule has 0 spiro atoms. The fourth-order valence-electron chi connectivity index (χ4n) is 2.32. The van der Waals surface area contributed by atoms with Crippen molar-refractivity contribution >= 4 is 29.7 Å². The highest BCUT2D eigenvalue weighted by Gasteiger charge is 2.17. The second-order valence-corrected chi connectivity index (χ2v) is 5.75. The molecule has 1 atom stereocenters. The van der Waals surface area contributed by atoms with Crippen molar-refractivity contribution in [1.29, 1.82) is 0 Å². The van der Waals surface area contributed by atoms with Crippen LogP contribution in [0.5, 0.6) is 0 Å². The average molecular weight is 328 g/mol. The highest BCUT2D eigenvalue weighted by atomic mass is 35.5. The maximum Gasteiger partial charge on any atom is 0.221 e. The number of halogens is 1. The lowest BCUT2D eigenvalue weighted by Crippen LogP contribution is -2.31. The molecule has 1 aliphatic rings. The summed E-state index contributed by atoms with van der Waals surface area (Å²) in [5.41, 5.74) is 0.870. The summed E-state index contributed by atoms with van der Waals surface area (Å²) in [5, 5.41) is 9.04. The minimum absolute atomic E-state index is 0. The van der Waals surface area contributed by atoms with Crippen LogP contribution in [0.1, 0.15) is 25.0 Å². The zero-order chi connectivity index (χ0) is 13.8. The summed E-state index contributed by atoms with van der Waals surface area (Å²) < 4.78 is 5.30. The summed E-state index contributed by atoms with van der Waals surface area (Å²) in [6.07, 6.45) is 4.44. The van der Waals surface area contributed by atoms with Gasteiger partial charge in [0, 0.05) is 17.8 Å². The maximum atomic E-state index is 11.8. The number of furan rings is 1. The van der Waals surface area contributed by atoms with Gasteiger partial charge in [0.25, 0.3) is 0 Å². The summed E-state index contributed by atoms with van der Waals surface area (Å²) in [7, 11) is 0. The normalized spacial score (nSPS) is 17.4. The molecule has 7 heteroatoms. The van der Waals surface area contributed by atoms with E-state index in [9.17, 15) is 4.79 Å². The lowest BCUT2D eigenvalue weighted by molar-refractivity contribution is -0.121. The number of amides is 1. The molecule has 5 nitrogen and oxygen atoms in total. The Bertz CT molecular complexity index is 565. The van der Waals surface area contributed by atoms with Crippen LogP contribution in [-0.2, 0) is 11.3 Å². The smallest absolute Gasteiger partial charge is 0.221 e. The molecule has 1 aliphatic heterocycles. The SMILES string of the molecule is Cl.O=C(CC1CCCN1)NCc1csc(-c2ccco2)n1. The Morgan fingerprint density at radius 1 is 1.57 bits per heavy atom. The number of rotatable bonds is 5. The van der Waals surface area contributed by atoms with Crippen molar-refractivity contribution in [2.45, 2.75) is 31.8 Å².